The van der Waals surface area contributed by atoms with E-state index < -0.39 is 0 Å². The van der Waals surface area contributed by atoms with Gasteiger partial charge < -0.3 is 0 Å². The minimum Gasteiger partial charge on any atom is -0.0882 e. The fraction of sp³-hybridized carbons (Fsp3) is 0.333. The zero-order valence-corrected chi connectivity index (χ0v) is 7.45. The maximum atomic E-state index is 2.27. The third-order valence-corrected chi connectivity index (χ3v) is 1.77. The van der Waals surface area contributed by atoms with Crippen LogP contribution in [0.25, 0.3) is 0 Å². The van der Waals surface area contributed by atoms with Crippen LogP contribution in [0.3, 0.4) is 0 Å². The second-order valence-electron chi connectivity index (χ2n) is 2.87. The van der Waals surface area contributed by atoms with Crippen molar-refractivity contribution in [1.29, 1.82) is 0 Å². The molecule has 0 aromatic rings. The van der Waals surface area contributed by atoms with Gasteiger partial charge in [-0.3, -0.25) is 0 Å². The summed E-state index contributed by atoms with van der Waals surface area (Å²) < 4.78 is 0. The first-order valence-electron chi connectivity index (χ1n) is 4.63. The van der Waals surface area contributed by atoms with E-state index in [9.17, 15) is 0 Å². The second kappa shape index (κ2) is 6.66. The molecule has 0 radical (unpaired) electrons. The van der Waals surface area contributed by atoms with Crippen LogP contribution in [0.1, 0.15) is 25.7 Å². The molecule has 0 nitrogen and oxygen atoms in total. The van der Waals surface area contributed by atoms with Gasteiger partial charge in [-0.2, -0.15) is 0 Å². The molecule has 0 aromatic carbocycles. The largest absolute Gasteiger partial charge is 0.0882 e. The van der Waals surface area contributed by atoms with Crippen LogP contribution >= 0.6 is 0 Å². The maximum absolute atomic E-state index is 2.27. The first kappa shape index (κ1) is 9.05. The summed E-state index contributed by atoms with van der Waals surface area (Å²) in [6, 6.07) is 0. The average Bonchev–Trinajstić information content (AvgIpc) is 2.05. The summed E-state index contributed by atoms with van der Waals surface area (Å²) in [5, 5.41) is 0. The summed E-state index contributed by atoms with van der Waals surface area (Å²) >= 11 is 0. The van der Waals surface area contributed by atoms with Crippen molar-refractivity contribution in [1.82, 2.24) is 0 Å². The van der Waals surface area contributed by atoms with E-state index in [1.54, 1.807) is 0 Å². The molecule has 0 amide bonds. The second-order valence-corrected chi connectivity index (χ2v) is 2.87. The number of hydrogen-bond acceptors (Lipinski definition) is 0. The summed E-state index contributed by atoms with van der Waals surface area (Å²) in [4.78, 5) is 0. The molecule has 0 spiro atoms. The molecule has 1 rings (SSSR count). The molecule has 0 saturated heterocycles. The molecule has 0 heteroatoms. The van der Waals surface area contributed by atoms with E-state index in [0.717, 1.165) is 12.8 Å². The lowest BCUT2D eigenvalue weighted by atomic mass is 10.2. The minimum absolute atomic E-state index is 1.16. The Morgan fingerprint density at radius 2 is 0.833 bits per heavy atom. The molecule has 64 valence electrons. The van der Waals surface area contributed by atoms with Crippen molar-refractivity contribution in [3.63, 3.8) is 0 Å². The summed E-state index contributed by atoms with van der Waals surface area (Å²) in [7, 11) is 0. The van der Waals surface area contributed by atoms with E-state index in [-0.39, 0.29) is 0 Å². The Hall–Kier alpha value is -1.04. The van der Waals surface area contributed by atoms with E-state index in [1.807, 2.05) is 0 Å². The lowest BCUT2D eigenvalue weighted by molar-refractivity contribution is 1.00. The minimum atomic E-state index is 1.16. The van der Waals surface area contributed by atoms with Gasteiger partial charge in [0.15, 0.2) is 0 Å². The van der Waals surface area contributed by atoms with Crippen molar-refractivity contribution in [3.05, 3.63) is 48.6 Å². The van der Waals surface area contributed by atoms with Crippen LogP contribution < -0.4 is 0 Å². The SMILES string of the molecule is C1=C/C=C/CC/C=C\CCC=C1. The molecule has 12 heavy (non-hydrogen) atoms. The third kappa shape index (κ3) is 4.73. The molecule has 1 aliphatic carbocycles. The van der Waals surface area contributed by atoms with Gasteiger partial charge in [0, 0.05) is 0 Å². The van der Waals surface area contributed by atoms with Gasteiger partial charge in [0.2, 0.25) is 0 Å². The lowest BCUT2D eigenvalue weighted by Gasteiger charge is -1.89. The molecule has 1 aliphatic rings. The monoisotopic (exact) mass is 160 g/mol. The Bertz CT molecular complexity index is 182. The van der Waals surface area contributed by atoms with Crippen LogP contribution in [0.15, 0.2) is 48.6 Å². The lowest BCUT2D eigenvalue weighted by Crippen LogP contribution is -1.68. The van der Waals surface area contributed by atoms with E-state index >= 15 is 0 Å². The summed E-state index contributed by atoms with van der Waals surface area (Å²) in [5.41, 5.74) is 0. The third-order valence-electron chi connectivity index (χ3n) is 1.77. The smallest absolute Gasteiger partial charge is 0.0313 e. The Labute approximate surface area is 75.0 Å². The highest BCUT2D eigenvalue weighted by molar-refractivity contribution is 5.11. The van der Waals surface area contributed by atoms with Gasteiger partial charge in [0.25, 0.3) is 0 Å². The molecule has 0 heterocycles. The van der Waals surface area contributed by atoms with E-state index in [0.29, 0.717) is 0 Å². The molecule has 0 saturated carbocycles. The Morgan fingerprint density at radius 3 is 1.33 bits per heavy atom. The predicted molar refractivity (Wildman–Crippen MR) is 55.0 cm³/mol. The van der Waals surface area contributed by atoms with Crippen LogP contribution in [0.5, 0.6) is 0 Å². The van der Waals surface area contributed by atoms with Crippen molar-refractivity contribution in [2.45, 2.75) is 25.7 Å². The molecular weight excluding hydrogens is 144 g/mol. The predicted octanol–water partition coefficient (Wildman–Crippen LogP) is 3.79. The number of rotatable bonds is 0. The molecule has 0 N–H and O–H groups in total. The Balaban J connectivity index is 2.42. The van der Waals surface area contributed by atoms with Crippen LogP contribution in [0.2, 0.25) is 0 Å². The fourth-order valence-corrected chi connectivity index (χ4v) is 1.10. The summed E-state index contributed by atoms with van der Waals surface area (Å²) in [5.74, 6) is 0. The van der Waals surface area contributed by atoms with Gasteiger partial charge in [-0.25, -0.2) is 0 Å². The van der Waals surface area contributed by atoms with Crippen molar-refractivity contribution in [3.8, 4) is 0 Å². The number of hydrogen-bond donors (Lipinski definition) is 0. The van der Waals surface area contributed by atoms with Gasteiger partial charge in [-0.15, -0.1) is 0 Å². The van der Waals surface area contributed by atoms with E-state index in [1.165, 1.54) is 12.8 Å². The highest BCUT2D eigenvalue weighted by Gasteiger charge is 1.78. The van der Waals surface area contributed by atoms with Crippen molar-refractivity contribution in [2.75, 3.05) is 0 Å². The zero-order valence-electron chi connectivity index (χ0n) is 7.45. The Kier molecular flexibility index (Phi) is 5.02. The molecular formula is C12H16. The van der Waals surface area contributed by atoms with Crippen LogP contribution in [0, 0.1) is 0 Å². The molecule has 0 bridgehead atoms. The van der Waals surface area contributed by atoms with Crippen molar-refractivity contribution in [2.24, 2.45) is 0 Å². The highest BCUT2D eigenvalue weighted by Crippen LogP contribution is 1.99. The van der Waals surface area contributed by atoms with Gasteiger partial charge in [-0.1, -0.05) is 48.6 Å². The maximum Gasteiger partial charge on any atom is -0.0313 e. The van der Waals surface area contributed by atoms with Crippen LogP contribution in [0.4, 0.5) is 0 Å². The average molecular weight is 160 g/mol. The van der Waals surface area contributed by atoms with Crippen molar-refractivity contribution >= 4 is 0 Å². The van der Waals surface area contributed by atoms with Crippen LogP contribution in [-0.2, 0) is 0 Å². The summed E-state index contributed by atoms with van der Waals surface area (Å²) in [6.07, 6.45) is 22.0. The molecule has 0 aromatic heterocycles. The first-order chi connectivity index (χ1) is 6.00. The fourth-order valence-electron chi connectivity index (χ4n) is 1.10. The van der Waals surface area contributed by atoms with Gasteiger partial charge in [-0.05, 0) is 25.7 Å². The molecule has 0 aliphatic heterocycles. The normalized spacial score (nSPS) is 24.0. The van der Waals surface area contributed by atoms with Gasteiger partial charge in [0.1, 0.15) is 0 Å². The number of allylic oxidation sites excluding steroid dienone is 8. The zero-order chi connectivity index (χ0) is 8.49. The quantitative estimate of drug-likeness (QED) is 0.473. The van der Waals surface area contributed by atoms with Gasteiger partial charge >= 0.3 is 0 Å². The van der Waals surface area contributed by atoms with Crippen LogP contribution in [-0.4, -0.2) is 0 Å². The molecule has 0 atom stereocenters. The topological polar surface area (TPSA) is 0 Å². The molecule has 0 unspecified atom stereocenters. The Morgan fingerprint density at radius 1 is 0.417 bits per heavy atom. The first-order valence-corrected chi connectivity index (χ1v) is 4.63. The van der Waals surface area contributed by atoms with E-state index in [2.05, 4.69) is 48.6 Å². The van der Waals surface area contributed by atoms with Gasteiger partial charge in [0.05, 0.1) is 0 Å². The van der Waals surface area contributed by atoms with E-state index in [4.69, 9.17) is 0 Å². The molecule has 0 fully saturated rings. The standard InChI is InChI=1S/C12H16/c1-2-4-6-8-10-12-11-9-7-5-3-1/h1-6,11-12H,7-10H2/b2-1?,5-3+,6-4?,12-11-. The highest BCUT2D eigenvalue weighted by atomic mass is 13.9. The van der Waals surface area contributed by atoms with Crippen molar-refractivity contribution < 1.29 is 0 Å². The summed E-state index contributed by atoms with van der Waals surface area (Å²) in [6.45, 7) is 0.